The maximum Gasteiger partial charge on any atom is 0.416 e. The fourth-order valence-corrected chi connectivity index (χ4v) is 2.26. The second-order valence-corrected chi connectivity index (χ2v) is 5.72. The van der Waals surface area contributed by atoms with Crippen LogP contribution in [0.15, 0.2) is 42.6 Å². The topological polar surface area (TPSA) is 45.2 Å². The number of benzene rings is 1. The van der Waals surface area contributed by atoms with Crippen molar-refractivity contribution in [2.24, 2.45) is 0 Å². The van der Waals surface area contributed by atoms with Crippen LogP contribution in [0.5, 0.6) is 0 Å². The lowest BCUT2D eigenvalue weighted by Crippen LogP contribution is -2.35. The highest BCUT2D eigenvalue weighted by molar-refractivity contribution is 5.30. The lowest BCUT2D eigenvalue weighted by atomic mass is 9.94. The van der Waals surface area contributed by atoms with Gasteiger partial charge in [0.2, 0.25) is 0 Å². The SMILES string of the molecule is Cc1cccnc1CNCC(C)(O)c1cccc(C(F)(F)F)c1. The van der Waals surface area contributed by atoms with E-state index < -0.39 is 17.3 Å². The van der Waals surface area contributed by atoms with Crippen molar-refractivity contribution >= 4 is 0 Å². The van der Waals surface area contributed by atoms with Crippen molar-refractivity contribution in [3.63, 3.8) is 0 Å². The first kappa shape index (κ1) is 17.4. The predicted octanol–water partition coefficient (Wildman–Crippen LogP) is 3.41. The predicted molar refractivity (Wildman–Crippen MR) is 81.7 cm³/mol. The van der Waals surface area contributed by atoms with Crippen molar-refractivity contribution in [3.8, 4) is 0 Å². The molecule has 1 aromatic heterocycles. The van der Waals surface area contributed by atoms with Crippen LogP contribution in [0.3, 0.4) is 0 Å². The lowest BCUT2D eigenvalue weighted by Gasteiger charge is -2.25. The van der Waals surface area contributed by atoms with Gasteiger partial charge in [-0.2, -0.15) is 13.2 Å². The van der Waals surface area contributed by atoms with Crippen molar-refractivity contribution in [2.45, 2.75) is 32.2 Å². The molecule has 0 aliphatic heterocycles. The maximum absolute atomic E-state index is 12.8. The van der Waals surface area contributed by atoms with Crippen molar-refractivity contribution in [2.75, 3.05) is 6.54 Å². The first-order valence-electron chi connectivity index (χ1n) is 7.21. The van der Waals surface area contributed by atoms with Crippen molar-refractivity contribution in [1.82, 2.24) is 10.3 Å². The molecule has 0 aliphatic rings. The average molecular weight is 324 g/mol. The van der Waals surface area contributed by atoms with E-state index in [1.807, 2.05) is 19.1 Å². The van der Waals surface area contributed by atoms with Crippen LogP contribution in [0.25, 0.3) is 0 Å². The molecule has 0 fully saturated rings. The Kier molecular flexibility index (Phi) is 5.06. The second kappa shape index (κ2) is 6.68. The van der Waals surface area contributed by atoms with Gasteiger partial charge >= 0.3 is 6.18 Å². The molecule has 6 heteroatoms. The van der Waals surface area contributed by atoms with Crippen LogP contribution in [-0.2, 0) is 18.3 Å². The number of rotatable bonds is 5. The van der Waals surface area contributed by atoms with E-state index in [1.165, 1.54) is 19.1 Å². The fourth-order valence-electron chi connectivity index (χ4n) is 2.26. The molecule has 1 heterocycles. The molecule has 1 atom stereocenters. The Labute approximate surface area is 133 Å². The van der Waals surface area contributed by atoms with Gasteiger partial charge in [-0.05, 0) is 43.2 Å². The number of hydrogen-bond donors (Lipinski definition) is 2. The summed E-state index contributed by atoms with van der Waals surface area (Å²) in [6.07, 6.45) is -2.75. The summed E-state index contributed by atoms with van der Waals surface area (Å²) in [5.41, 5.74) is -0.108. The van der Waals surface area contributed by atoms with Crippen molar-refractivity contribution in [1.29, 1.82) is 0 Å². The van der Waals surface area contributed by atoms with Gasteiger partial charge in [0.25, 0.3) is 0 Å². The van der Waals surface area contributed by atoms with Gasteiger partial charge in [0, 0.05) is 19.3 Å². The second-order valence-electron chi connectivity index (χ2n) is 5.72. The standard InChI is InChI=1S/C17H19F3N2O/c1-12-5-4-8-22-15(12)10-21-11-16(2,23)13-6-3-7-14(9-13)17(18,19)20/h3-9,21,23H,10-11H2,1-2H3. The van der Waals surface area contributed by atoms with Crippen LogP contribution in [-0.4, -0.2) is 16.6 Å². The van der Waals surface area contributed by atoms with E-state index in [9.17, 15) is 18.3 Å². The molecule has 0 amide bonds. The molecule has 23 heavy (non-hydrogen) atoms. The summed E-state index contributed by atoms with van der Waals surface area (Å²) < 4.78 is 38.3. The Balaban J connectivity index is 2.06. The average Bonchev–Trinajstić information content (AvgIpc) is 2.48. The Morgan fingerprint density at radius 1 is 1.13 bits per heavy atom. The molecule has 0 radical (unpaired) electrons. The minimum Gasteiger partial charge on any atom is -0.384 e. The summed E-state index contributed by atoms with van der Waals surface area (Å²) >= 11 is 0. The molecule has 3 nitrogen and oxygen atoms in total. The van der Waals surface area contributed by atoms with Crippen LogP contribution in [0.2, 0.25) is 0 Å². The Bertz CT molecular complexity index is 669. The zero-order valence-corrected chi connectivity index (χ0v) is 13.0. The van der Waals surface area contributed by atoms with Crippen LogP contribution in [0.1, 0.15) is 29.3 Å². The summed E-state index contributed by atoms with van der Waals surface area (Å²) in [6.45, 7) is 3.96. The van der Waals surface area contributed by atoms with Gasteiger partial charge in [-0.1, -0.05) is 18.2 Å². The molecule has 0 saturated heterocycles. The van der Waals surface area contributed by atoms with Gasteiger partial charge in [-0.25, -0.2) is 0 Å². The first-order valence-corrected chi connectivity index (χ1v) is 7.21. The Hall–Kier alpha value is -1.92. The number of aliphatic hydroxyl groups is 1. The zero-order chi connectivity index (χ0) is 17.1. The molecular formula is C17H19F3N2O. The van der Waals surface area contributed by atoms with E-state index in [0.717, 1.165) is 23.4 Å². The van der Waals surface area contributed by atoms with E-state index >= 15 is 0 Å². The molecule has 0 saturated carbocycles. The molecule has 2 N–H and O–H groups in total. The number of nitrogens with one attached hydrogen (secondary N) is 1. The van der Waals surface area contributed by atoms with Gasteiger partial charge in [0.05, 0.1) is 16.9 Å². The molecular weight excluding hydrogens is 305 g/mol. The summed E-state index contributed by atoms with van der Waals surface area (Å²) in [4.78, 5) is 4.22. The van der Waals surface area contributed by atoms with Crippen LogP contribution in [0.4, 0.5) is 13.2 Å². The summed E-state index contributed by atoms with van der Waals surface area (Å²) in [5.74, 6) is 0. The molecule has 2 aromatic rings. The number of aromatic nitrogens is 1. The maximum atomic E-state index is 12.8. The van der Waals surface area contributed by atoms with Gasteiger partial charge < -0.3 is 10.4 Å². The highest BCUT2D eigenvalue weighted by atomic mass is 19.4. The van der Waals surface area contributed by atoms with Gasteiger partial charge in [0.15, 0.2) is 0 Å². The highest BCUT2D eigenvalue weighted by Crippen LogP contribution is 2.31. The smallest absolute Gasteiger partial charge is 0.384 e. The zero-order valence-electron chi connectivity index (χ0n) is 13.0. The molecule has 124 valence electrons. The Morgan fingerprint density at radius 2 is 1.83 bits per heavy atom. The number of halogens is 3. The van der Waals surface area contributed by atoms with Crippen molar-refractivity contribution in [3.05, 3.63) is 65.0 Å². The summed E-state index contributed by atoms with van der Waals surface area (Å²) in [6, 6.07) is 8.52. The van der Waals surface area contributed by atoms with E-state index in [1.54, 1.807) is 6.20 Å². The van der Waals surface area contributed by atoms with E-state index in [0.29, 0.717) is 6.54 Å². The minimum absolute atomic E-state index is 0.115. The lowest BCUT2D eigenvalue weighted by molar-refractivity contribution is -0.137. The number of aryl methyl sites for hydroxylation is 1. The normalized spacial score (nSPS) is 14.5. The molecule has 1 unspecified atom stereocenters. The van der Waals surface area contributed by atoms with Gasteiger partial charge in [0.1, 0.15) is 0 Å². The highest BCUT2D eigenvalue weighted by Gasteiger charge is 2.32. The molecule has 2 rings (SSSR count). The van der Waals surface area contributed by atoms with Crippen molar-refractivity contribution < 1.29 is 18.3 Å². The summed E-state index contributed by atoms with van der Waals surface area (Å²) in [5, 5.41) is 13.5. The van der Waals surface area contributed by atoms with E-state index in [-0.39, 0.29) is 12.1 Å². The summed E-state index contributed by atoms with van der Waals surface area (Å²) in [7, 11) is 0. The number of hydrogen-bond acceptors (Lipinski definition) is 3. The van der Waals surface area contributed by atoms with E-state index in [2.05, 4.69) is 10.3 Å². The third-order valence-electron chi connectivity index (χ3n) is 3.69. The van der Waals surface area contributed by atoms with Crippen LogP contribution < -0.4 is 5.32 Å². The molecule has 0 aliphatic carbocycles. The van der Waals surface area contributed by atoms with Gasteiger partial charge in [-0.15, -0.1) is 0 Å². The molecule has 0 bridgehead atoms. The van der Waals surface area contributed by atoms with E-state index in [4.69, 9.17) is 0 Å². The Morgan fingerprint density at radius 3 is 2.48 bits per heavy atom. The molecule has 1 aromatic carbocycles. The minimum atomic E-state index is -4.43. The van der Waals surface area contributed by atoms with Gasteiger partial charge in [-0.3, -0.25) is 4.98 Å². The monoisotopic (exact) mass is 324 g/mol. The first-order chi connectivity index (χ1) is 10.7. The third kappa shape index (κ3) is 4.53. The third-order valence-corrected chi connectivity index (χ3v) is 3.69. The number of alkyl halides is 3. The van der Waals surface area contributed by atoms with Crippen LogP contribution >= 0.6 is 0 Å². The van der Waals surface area contributed by atoms with Crippen LogP contribution in [0, 0.1) is 6.92 Å². The number of nitrogens with zero attached hydrogens (tertiary/aromatic N) is 1. The molecule has 0 spiro atoms. The quantitative estimate of drug-likeness (QED) is 0.886. The number of pyridine rings is 1. The fraction of sp³-hybridized carbons (Fsp3) is 0.353. The largest absolute Gasteiger partial charge is 0.416 e.